The van der Waals surface area contributed by atoms with Crippen molar-refractivity contribution in [3.05, 3.63) is 70.8 Å². The SMILES string of the molecule is Cc1ccc(C(O)=C2C(=O)C(=O)N(CC[NH+]3CCOCC3)[C@H]2c2cccc(O)c2)cc1. The van der Waals surface area contributed by atoms with Crippen molar-refractivity contribution in [2.45, 2.75) is 13.0 Å². The third kappa shape index (κ3) is 4.33. The number of aliphatic hydroxyl groups excluding tert-OH is 1. The molecule has 7 nitrogen and oxygen atoms in total. The second kappa shape index (κ2) is 8.91. The molecule has 3 N–H and O–H groups in total. The van der Waals surface area contributed by atoms with E-state index in [4.69, 9.17) is 4.74 Å². The second-order valence-corrected chi connectivity index (χ2v) is 8.07. The Kier molecular flexibility index (Phi) is 6.06. The standard InChI is InChI=1S/C24H26N2O5/c1-16-5-7-17(8-6-16)22(28)20-21(18-3-2-4-19(27)15-18)26(24(30)23(20)29)10-9-25-11-13-31-14-12-25/h2-8,15,21,27-28H,9-14H2,1H3/p+1/t21-/m0/s1. The minimum Gasteiger partial charge on any atom is -0.508 e. The van der Waals surface area contributed by atoms with E-state index in [2.05, 4.69) is 0 Å². The van der Waals surface area contributed by atoms with Gasteiger partial charge in [-0.2, -0.15) is 0 Å². The third-order valence-electron chi connectivity index (χ3n) is 5.96. The minimum absolute atomic E-state index is 0.0391. The van der Waals surface area contributed by atoms with E-state index in [1.54, 1.807) is 24.3 Å². The number of phenols is 1. The van der Waals surface area contributed by atoms with Gasteiger partial charge in [0.2, 0.25) is 0 Å². The Hall–Kier alpha value is -3.16. The predicted octanol–water partition coefficient (Wildman–Crippen LogP) is 1.04. The van der Waals surface area contributed by atoms with Gasteiger partial charge in [-0.25, -0.2) is 0 Å². The van der Waals surface area contributed by atoms with Gasteiger partial charge in [0.25, 0.3) is 11.7 Å². The summed E-state index contributed by atoms with van der Waals surface area (Å²) in [6, 6.07) is 12.9. The summed E-state index contributed by atoms with van der Waals surface area (Å²) in [4.78, 5) is 28.8. The van der Waals surface area contributed by atoms with Gasteiger partial charge in [-0.05, 0) is 24.6 Å². The quantitative estimate of drug-likeness (QED) is 0.380. The Labute approximate surface area is 181 Å². The summed E-state index contributed by atoms with van der Waals surface area (Å²) in [5, 5.41) is 21.0. The molecule has 0 bridgehead atoms. The van der Waals surface area contributed by atoms with Crippen molar-refractivity contribution in [3.8, 4) is 5.75 Å². The lowest BCUT2D eigenvalue weighted by atomic mass is 9.95. The number of ketones is 1. The van der Waals surface area contributed by atoms with Crippen molar-refractivity contribution in [1.82, 2.24) is 4.90 Å². The topological polar surface area (TPSA) is 91.5 Å². The molecule has 1 atom stereocenters. The zero-order chi connectivity index (χ0) is 22.0. The van der Waals surface area contributed by atoms with Gasteiger partial charge in [0, 0.05) is 5.56 Å². The number of hydrogen-bond donors (Lipinski definition) is 3. The Morgan fingerprint density at radius 3 is 2.52 bits per heavy atom. The van der Waals surface area contributed by atoms with Crippen LogP contribution in [0.3, 0.4) is 0 Å². The summed E-state index contributed by atoms with van der Waals surface area (Å²) >= 11 is 0. The van der Waals surface area contributed by atoms with Crippen LogP contribution >= 0.6 is 0 Å². The van der Waals surface area contributed by atoms with Crippen LogP contribution in [0.1, 0.15) is 22.7 Å². The molecule has 2 fully saturated rings. The molecule has 2 aliphatic heterocycles. The number of carbonyl (C=O) groups excluding carboxylic acids is 2. The first kappa shape index (κ1) is 21.1. The van der Waals surface area contributed by atoms with Crippen LogP contribution in [0, 0.1) is 6.92 Å². The number of quaternary nitrogens is 1. The number of morpholine rings is 1. The second-order valence-electron chi connectivity index (χ2n) is 8.07. The fraction of sp³-hybridized carbons (Fsp3) is 0.333. The zero-order valence-corrected chi connectivity index (χ0v) is 17.5. The number of nitrogens with zero attached hydrogens (tertiary/aromatic N) is 1. The normalized spacial score (nSPS) is 21.6. The number of benzene rings is 2. The molecule has 1 amide bonds. The Balaban J connectivity index is 1.73. The highest BCUT2D eigenvalue weighted by Crippen LogP contribution is 2.39. The summed E-state index contributed by atoms with van der Waals surface area (Å²) in [6.07, 6.45) is 0. The monoisotopic (exact) mass is 423 g/mol. The molecule has 0 radical (unpaired) electrons. The molecule has 7 heteroatoms. The molecule has 0 unspecified atom stereocenters. The molecular formula is C24H27N2O5+. The largest absolute Gasteiger partial charge is 0.508 e. The highest BCUT2D eigenvalue weighted by Gasteiger charge is 2.46. The van der Waals surface area contributed by atoms with Crippen molar-refractivity contribution in [1.29, 1.82) is 0 Å². The van der Waals surface area contributed by atoms with Crippen molar-refractivity contribution in [2.75, 3.05) is 39.4 Å². The van der Waals surface area contributed by atoms with Gasteiger partial charge in [-0.15, -0.1) is 0 Å². The summed E-state index contributed by atoms with van der Waals surface area (Å²) in [5.41, 5.74) is 2.14. The van der Waals surface area contributed by atoms with Crippen LogP contribution in [-0.4, -0.2) is 66.2 Å². The molecule has 2 saturated heterocycles. The Morgan fingerprint density at radius 1 is 1.13 bits per heavy atom. The predicted molar refractivity (Wildman–Crippen MR) is 115 cm³/mol. The molecule has 0 saturated carbocycles. The highest BCUT2D eigenvalue weighted by atomic mass is 16.5. The molecule has 0 aliphatic carbocycles. The van der Waals surface area contributed by atoms with E-state index >= 15 is 0 Å². The maximum absolute atomic E-state index is 13.0. The van der Waals surface area contributed by atoms with E-state index in [0.717, 1.165) is 18.7 Å². The van der Waals surface area contributed by atoms with E-state index in [9.17, 15) is 19.8 Å². The van der Waals surface area contributed by atoms with Gasteiger partial charge in [0.05, 0.1) is 37.9 Å². The molecule has 4 rings (SSSR count). The van der Waals surface area contributed by atoms with Gasteiger partial charge in [-0.3, -0.25) is 9.59 Å². The number of aromatic hydroxyl groups is 1. The number of ether oxygens (including phenoxy) is 1. The fourth-order valence-corrected chi connectivity index (χ4v) is 4.21. The maximum Gasteiger partial charge on any atom is 0.295 e. The minimum atomic E-state index is -0.756. The lowest BCUT2D eigenvalue weighted by molar-refractivity contribution is -0.907. The molecule has 2 aliphatic rings. The van der Waals surface area contributed by atoms with Crippen molar-refractivity contribution in [3.63, 3.8) is 0 Å². The number of aryl methyl sites for hydroxylation is 1. The molecule has 2 heterocycles. The molecule has 162 valence electrons. The van der Waals surface area contributed by atoms with Gasteiger partial charge in [0.1, 0.15) is 24.6 Å². The van der Waals surface area contributed by atoms with Crippen LogP contribution in [0.15, 0.2) is 54.1 Å². The average Bonchev–Trinajstić information content (AvgIpc) is 3.03. The molecule has 31 heavy (non-hydrogen) atoms. The maximum atomic E-state index is 13.0. The number of Topliss-reactive ketones (excluding diaryl/α,β-unsaturated/α-hetero) is 1. The van der Waals surface area contributed by atoms with Crippen LogP contribution in [0.2, 0.25) is 0 Å². The van der Waals surface area contributed by atoms with Gasteiger partial charge < -0.3 is 24.7 Å². The van der Waals surface area contributed by atoms with E-state index in [1.807, 2.05) is 19.1 Å². The number of amides is 1. The lowest BCUT2D eigenvalue weighted by Gasteiger charge is -2.29. The van der Waals surface area contributed by atoms with Gasteiger partial charge >= 0.3 is 0 Å². The van der Waals surface area contributed by atoms with Crippen LogP contribution in [0.4, 0.5) is 0 Å². The van der Waals surface area contributed by atoms with Crippen LogP contribution in [-0.2, 0) is 14.3 Å². The molecule has 2 aromatic carbocycles. The van der Waals surface area contributed by atoms with E-state index < -0.39 is 17.7 Å². The van der Waals surface area contributed by atoms with Gasteiger partial charge in [0.15, 0.2) is 0 Å². The first-order chi connectivity index (χ1) is 15.0. The highest BCUT2D eigenvalue weighted by molar-refractivity contribution is 6.46. The Morgan fingerprint density at radius 2 is 1.84 bits per heavy atom. The van der Waals surface area contributed by atoms with E-state index in [-0.39, 0.29) is 17.1 Å². The number of aliphatic hydroxyl groups is 1. The van der Waals surface area contributed by atoms with Gasteiger partial charge in [-0.1, -0.05) is 42.0 Å². The first-order valence-corrected chi connectivity index (χ1v) is 10.5. The first-order valence-electron chi connectivity index (χ1n) is 10.5. The smallest absolute Gasteiger partial charge is 0.295 e. The molecule has 0 aromatic heterocycles. The summed E-state index contributed by atoms with van der Waals surface area (Å²) in [6.45, 7) is 6.04. The summed E-state index contributed by atoms with van der Waals surface area (Å²) in [5.74, 6) is -1.50. The number of rotatable bonds is 5. The summed E-state index contributed by atoms with van der Waals surface area (Å²) in [7, 11) is 0. The fourth-order valence-electron chi connectivity index (χ4n) is 4.21. The average molecular weight is 423 g/mol. The number of nitrogens with one attached hydrogen (secondary N) is 1. The van der Waals surface area contributed by atoms with E-state index in [1.165, 1.54) is 21.9 Å². The molecule has 2 aromatic rings. The van der Waals surface area contributed by atoms with Crippen molar-refractivity contribution >= 4 is 17.4 Å². The lowest BCUT2D eigenvalue weighted by Crippen LogP contribution is -3.14. The van der Waals surface area contributed by atoms with Crippen LogP contribution < -0.4 is 4.90 Å². The van der Waals surface area contributed by atoms with E-state index in [0.29, 0.717) is 37.4 Å². The number of likely N-dealkylation sites (tertiary alicyclic amines) is 1. The van der Waals surface area contributed by atoms with Crippen LogP contribution in [0.25, 0.3) is 5.76 Å². The third-order valence-corrected chi connectivity index (χ3v) is 5.96. The zero-order valence-electron chi connectivity index (χ0n) is 17.5. The number of hydrogen-bond acceptors (Lipinski definition) is 5. The number of carbonyl (C=O) groups is 2. The van der Waals surface area contributed by atoms with Crippen molar-refractivity contribution in [2.24, 2.45) is 0 Å². The molecule has 0 spiro atoms. The van der Waals surface area contributed by atoms with Crippen LogP contribution in [0.5, 0.6) is 5.75 Å². The molecular weight excluding hydrogens is 396 g/mol. The summed E-state index contributed by atoms with van der Waals surface area (Å²) < 4.78 is 5.40. The number of phenolic OH excluding ortho intramolecular Hbond substituents is 1. The Bertz CT molecular complexity index is 1010. The van der Waals surface area contributed by atoms with Crippen molar-refractivity contribution < 1.29 is 29.4 Å².